The number of hydrogen-bond acceptors (Lipinski definition) is 3. The second kappa shape index (κ2) is 6.29. The molecule has 5 nitrogen and oxygen atoms in total. The fraction of sp³-hybridized carbons (Fsp3) is 0.579. The fourth-order valence-corrected chi connectivity index (χ4v) is 4.75. The van der Waals surface area contributed by atoms with Gasteiger partial charge in [0.15, 0.2) is 0 Å². The van der Waals surface area contributed by atoms with Crippen LogP contribution in [0.3, 0.4) is 0 Å². The zero-order chi connectivity index (χ0) is 17.6. The maximum Gasteiger partial charge on any atom is 0.249 e. The zero-order valence-corrected chi connectivity index (χ0v) is 15.3. The summed E-state index contributed by atoms with van der Waals surface area (Å²) in [7, 11) is 1.79. The highest BCUT2D eigenvalue weighted by molar-refractivity contribution is 6.34. The number of benzene rings is 1. The number of likely N-dealkylation sites (N-methyl/N-ethyl adjacent to an activating group) is 1. The number of nitrogens with zero attached hydrogens (tertiary/aromatic N) is 2. The van der Waals surface area contributed by atoms with Gasteiger partial charge in [-0.25, -0.2) is 0 Å². The number of para-hydroxylation sites is 1. The van der Waals surface area contributed by atoms with Gasteiger partial charge in [-0.15, -0.1) is 0 Å². The highest BCUT2D eigenvalue weighted by Crippen LogP contribution is 2.59. The molecule has 0 bridgehead atoms. The van der Waals surface area contributed by atoms with E-state index in [0.717, 1.165) is 38.0 Å². The second-order valence-electron chi connectivity index (χ2n) is 7.56. The third kappa shape index (κ3) is 2.83. The molecule has 1 saturated carbocycles. The normalized spacial score (nSPS) is 27.6. The molecule has 134 valence electrons. The van der Waals surface area contributed by atoms with Gasteiger partial charge in [0.25, 0.3) is 0 Å². The largest absolute Gasteiger partial charge is 0.333 e. The molecule has 0 unspecified atom stereocenters. The first-order valence-electron chi connectivity index (χ1n) is 9.07. The van der Waals surface area contributed by atoms with Crippen molar-refractivity contribution in [3.05, 3.63) is 29.3 Å². The maximum atomic E-state index is 12.9. The van der Waals surface area contributed by atoms with E-state index in [1.807, 2.05) is 18.2 Å². The van der Waals surface area contributed by atoms with Gasteiger partial charge in [-0.1, -0.05) is 23.7 Å². The summed E-state index contributed by atoms with van der Waals surface area (Å²) in [6, 6.07) is 7.00. The van der Waals surface area contributed by atoms with Gasteiger partial charge in [0, 0.05) is 19.5 Å². The van der Waals surface area contributed by atoms with Crippen LogP contribution in [0.15, 0.2) is 24.3 Å². The quantitative estimate of drug-likeness (QED) is 0.898. The van der Waals surface area contributed by atoms with Crippen molar-refractivity contribution in [2.75, 3.05) is 31.6 Å². The molecule has 2 atom stereocenters. The molecular formula is C19H24ClN3O2. The first-order chi connectivity index (χ1) is 12.0. The number of piperidine rings is 1. The minimum atomic E-state index is -0.372. The predicted octanol–water partition coefficient (Wildman–Crippen LogP) is 2.29. The van der Waals surface area contributed by atoms with Crippen LogP contribution in [0.5, 0.6) is 0 Å². The predicted molar refractivity (Wildman–Crippen MR) is 97.6 cm³/mol. The Hall–Kier alpha value is -1.59. The van der Waals surface area contributed by atoms with Gasteiger partial charge in [-0.05, 0) is 56.3 Å². The smallest absolute Gasteiger partial charge is 0.249 e. The number of halogens is 1. The fourth-order valence-electron chi connectivity index (χ4n) is 4.51. The maximum absolute atomic E-state index is 12.9. The number of hydrogen-bond donors (Lipinski definition) is 1. The number of carbonyl (C=O) groups is 2. The molecule has 2 heterocycles. The molecule has 1 aliphatic carbocycles. The summed E-state index contributed by atoms with van der Waals surface area (Å²) >= 11 is 6.24. The molecule has 0 aromatic heterocycles. The molecule has 0 radical (unpaired) electrons. The highest BCUT2D eigenvalue weighted by atomic mass is 35.5. The van der Waals surface area contributed by atoms with E-state index in [4.69, 9.17) is 11.6 Å². The standard InChI is InChI=1S/C19H24ClN3O2/c1-22(17(24)13-12-19(13)7-9-21-10-8-19)16-6-11-23(18(16)25)15-5-3-2-4-14(15)20/h2-5,13,16,21H,6-12H2,1H3/t13-,16-/m0/s1. The first-order valence-corrected chi connectivity index (χ1v) is 9.45. The van der Waals surface area contributed by atoms with Crippen molar-refractivity contribution >= 4 is 29.1 Å². The van der Waals surface area contributed by atoms with Gasteiger partial charge in [0.2, 0.25) is 11.8 Å². The Morgan fingerprint density at radius 2 is 2.04 bits per heavy atom. The second-order valence-corrected chi connectivity index (χ2v) is 7.97. The summed E-state index contributed by atoms with van der Waals surface area (Å²) in [6.45, 7) is 2.59. The Balaban J connectivity index is 1.45. The average Bonchev–Trinajstić information content (AvgIpc) is 3.17. The number of carbonyl (C=O) groups excluding carboxylic acids is 2. The molecule has 4 rings (SSSR count). The summed E-state index contributed by atoms with van der Waals surface area (Å²) in [4.78, 5) is 29.2. The Kier molecular flexibility index (Phi) is 4.24. The number of nitrogens with one attached hydrogen (secondary N) is 1. The summed E-state index contributed by atoms with van der Waals surface area (Å²) in [6.07, 6.45) is 3.78. The van der Waals surface area contributed by atoms with Crippen LogP contribution in [0.2, 0.25) is 5.02 Å². The lowest BCUT2D eigenvalue weighted by Crippen LogP contribution is -2.44. The molecule has 3 aliphatic rings. The van der Waals surface area contributed by atoms with Crippen LogP contribution in [-0.2, 0) is 9.59 Å². The van der Waals surface area contributed by atoms with Crippen molar-refractivity contribution in [2.45, 2.75) is 31.7 Å². The minimum absolute atomic E-state index is 0.0241. The van der Waals surface area contributed by atoms with Crippen LogP contribution >= 0.6 is 11.6 Å². The summed E-state index contributed by atoms with van der Waals surface area (Å²) in [5.41, 5.74) is 0.930. The van der Waals surface area contributed by atoms with Gasteiger partial charge in [0.05, 0.1) is 10.7 Å². The van der Waals surface area contributed by atoms with Gasteiger partial charge >= 0.3 is 0 Å². The van der Waals surface area contributed by atoms with Crippen molar-refractivity contribution in [2.24, 2.45) is 11.3 Å². The Morgan fingerprint density at radius 3 is 2.76 bits per heavy atom. The van der Waals surface area contributed by atoms with E-state index < -0.39 is 0 Å². The van der Waals surface area contributed by atoms with E-state index in [2.05, 4.69) is 5.32 Å². The van der Waals surface area contributed by atoms with Crippen molar-refractivity contribution in [1.82, 2.24) is 10.2 Å². The first kappa shape index (κ1) is 16.9. The molecule has 1 aromatic carbocycles. The van der Waals surface area contributed by atoms with E-state index in [1.54, 1.807) is 22.9 Å². The van der Waals surface area contributed by atoms with Crippen LogP contribution in [0, 0.1) is 11.3 Å². The third-order valence-corrected chi connectivity index (χ3v) is 6.54. The average molecular weight is 362 g/mol. The molecule has 2 aliphatic heterocycles. The lowest BCUT2D eigenvalue weighted by atomic mass is 9.91. The van der Waals surface area contributed by atoms with Gasteiger partial charge in [0.1, 0.15) is 6.04 Å². The minimum Gasteiger partial charge on any atom is -0.333 e. The monoisotopic (exact) mass is 361 g/mol. The molecule has 2 saturated heterocycles. The zero-order valence-electron chi connectivity index (χ0n) is 14.5. The van der Waals surface area contributed by atoms with Crippen molar-refractivity contribution in [3.8, 4) is 0 Å². The third-order valence-electron chi connectivity index (χ3n) is 6.22. The molecule has 1 spiro atoms. The highest BCUT2D eigenvalue weighted by Gasteiger charge is 2.59. The van der Waals surface area contributed by atoms with Crippen LogP contribution in [0.1, 0.15) is 25.7 Å². The van der Waals surface area contributed by atoms with Crippen LogP contribution in [0.25, 0.3) is 0 Å². The summed E-state index contributed by atoms with van der Waals surface area (Å²) in [5, 5.41) is 3.93. The summed E-state index contributed by atoms with van der Waals surface area (Å²) < 4.78 is 0. The van der Waals surface area contributed by atoms with E-state index in [1.165, 1.54) is 0 Å². The molecule has 1 N–H and O–H groups in total. The molecule has 25 heavy (non-hydrogen) atoms. The van der Waals surface area contributed by atoms with Crippen molar-refractivity contribution in [1.29, 1.82) is 0 Å². The molecular weight excluding hydrogens is 338 g/mol. The number of rotatable bonds is 3. The molecule has 3 fully saturated rings. The van der Waals surface area contributed by atoms with Crippen LogP contribution in [-0.4, -0.2) is 49.4 Å². The van der Waals surface area contributed by atoms with E-state index in [-0.39, 0.29) is 29.2 Å². The Bertz CT molecular complexity index is 702. The lowest BCUT2D eigenvalue weighted by Gasteiger charge is -2.27. The van der Waals surface area contributed by atoms with Gasteiger partial charge < -0.3 is 15.1 Å². The summed E-state index contributed by atoms with van der Waals surface area (Å²) in [5.74, 6) is 0.215. The van der Waals surface area contributed by atoms with E-state index in [0.29, 0.717) is 18.0 Å². The van der Waals surface area contributed by atoms with Crippen LogP contribution in [0.4, 0.5) is 5.69 Å². The van der Waals surface area contributed by atoms with Gasteiger partial charge in [-0.3, -0.25) is 9.59 Å². The van der Waals surface area contributed by atoms with Crippen molar-refractivity contribution in [3.63, 3.8) is 0 Å². The SMILES string of the molecule is CN(C(=O)[C@@H]1CC12CCNCC2)[C@H]1CCN(c2ccccc2Cl)C1=O. The van der Waals surface area contributed by atoms with Gasteiger partial charge in [-0.2, -0.15) is 0 Å². The Labute approximate surface area is 153 Å². The number of amides is 2. The topological polar surface area (TPSA) is 52.7 Å². The molecule has 6 heteroatoms. The van der Waals surface area contributed by atoms with E-state index in [9.17, 15) is 9.59 Å². The lowest BCUT2D eigenvalue weighted by molar-refractivity contribution is -0.138. The van der Waals surface area contributed by atoms with E-state index >= 15 is 0 Å². The Morgan fingerprint density at radius 1 is 1.32 bits per heavy atom. The van der Waals surface area contributed by atoms with Crippen molar-refractivity contribution < 1.29 is 9.59 Å². The van der Waals surface area contributed by atoms with Crippen LogP contribution < -0.4 is 10.2 Å². The molecule has 2 amide bonds. The molecule has 1 aromatic rings. The number of anilines is 1.